The quantitative estimate of drug-likeness (QED) is 0.467. The Morgan fingerprint density at radius 2 is 1.70 bits per heavy atom. The molecule has 0 amide bonds. The molecule has 0 bridgehead atoms. The number of ether oxygens (including phenoxy) is 1. The van der Waals surface area contributed by atoms with Gasteiger partial charge in [0, 0.05) is 15.5 Å². The van der Waals surface area contributed by atoms with Gasteiger partial charge in [-0.25, -0.2) is 4.79 Å². The topological polar surface area (TPSA) is 117 Å². The van der Waals surface area contributed by atoms with Crippen LogP contribution in [-0.4, -0.2) is 18.4 Å². The minimum Gasteiger partial charge on any atom is -0.454 e. The Morgan fingerprint density at radius 3 is 2.33 bits per heavy atom. The van der Waals surface area contributed by atoms with Crippen molar-refractivity contribution in [3.05, 3.63) is 70.9 Å². The Labute approximate surface area is 160 Å². The lowest BCUT2D eigenvalue weighted by molar-refractivity contribution is -0.118. The predicted molar refractivity (Wildman–Crippen MR) is 99.5 cm³/mol. The van der Waals surface area contributed by atoms with Crippen LogP contribution in [0.25, 0.3) is 0 Å². The van der Waals surface area contributed by atoms with E-state index in [9.17, 15) is 14.9 Å². The van der Waals surface area contributed by atoms with Gasteiger partial charge in [0.05, 0.1) is 11.1 Å². The van der Waals surface area contributed by atoms with Gasteiger partial charge in [0.2, 0.25) is 5.78 Å². The van der Waals surface area contributed by atoms with Gasteiger partial charge in [0.1, 0.15) is 17.7 Å². The summed E-state index contributed by atoms with van der Waals surface area (Å²) in [7, 11) is 0. The molecule has 2 rings (SSSR count). The van der Waals surface area contributed by atoms with Crippen LogP contribution in [0, 0.1) is 22.7 Å². The molecule has 0 atom stereocenters. The number of hydrogen-bond acceptors (Lipinski definition) is 7. The highest BCUT2D eigenvalue weighted by molar-refractivity contribution is 7.99. The molecule has 2 N–H and O–H groups in total. The summed E-state index contributed by atoms with van der Waals surface area (Å²) in [6.07, 6.45) is 0. The number of allylic oxidation sites excluding steroid dienone is 1. The normalized spacial score (nSPS) is 10.9. The lowest BCUT2D eigenvalue weighted by atomic mass is 10.1. The van der Waals surface area contributed by atoms with Gasteiger partial charge in [-0.1, -0.05) is 36.0 Å². The number of ketones is 1. The fraction of sp³-hybridized carbons (Fsp3) is 0.100. The highest BCUT2D eigenvalue weighted by Gasteiger charge is 2.18. The minimum atomic E-state index is -0.701. The van der Waals surface area contributed by atoms with Crippen LogP contribution < -0.4 is 5.73 Å². The summed E-state index contributed by atoms with van der Waals surface area (Å²) in [5.41, 5.74) is 6.06. The van der Waals surface area contributed by atoms with Crippen LogP contribution in [0.3, 0.4) is 0 Å². The molecule has 0 saturated heterocycles. The first kappa shape index (κ1) is 19.8. The first-order valence-electron chi connectivity index (χ1n) is 7.80. The van der Waals surface area contributed by atoms with E-state index >= 15 is 0 Å². The summed E-state index contributed by atoms with van der Waals surface area (Å²) in [5.74, 6) is -1.36. The van der Waals surface area contributed by atoms with Gasteiger partial charge in [-0.15, -0.1) is 0 Å². The summed E-state index contributed by atoms with van der Waals surface area (Å²) in [4.78, 5) is 25.6. The van der Waals surface area contributed by atoms with Crippen molar-refractivity contribution in [2.75, 3.05) is 6.61 Å². The molecule has 6 nitrogen and oxygen atoms in total. The molecule has 2 aromatic carbocycles. The van der Waals surface area contributed by atoms with Gasteiger partial charge >= 0.3 is 5.97 Å². The summed E-state index contributed by atoms with van der Waals surface area (Å²) in [6.45, 7) is 0.848. The monoisotopic (exact) mass is 377 g/mol. The molecule has 0 spiro atoms. The van der Waals surface area contributed by atoms with Crippen LogP contribution in [0.15, 0.2) is 69.6 Å². The number of hydrogen-bond donors (Lipinski definition) is 1. The molecule has 0 aromatic heterocycles. The Morgan fingerprint density at radius 1 is 1.07 bits per heavy atom. The zero-order valence-electron chi connectivity index (χ0n) is 14.4. The third-order valence-corrected chi connectivity index (χ3v) is 4.61. The number of carbonyl (C=O) groups excluding carboxylic acids is 2. The van der Waals surface area contributed by atoms with E-state index in [2.05, 4.69) is 6.07 Å². The second kappa shape index (κ2) is 9.23. The van der Waals surface area contributed by atoms with Gasteiger partial charge in [0.25, 0.3) is 0 Å². The minimum absolute atomic E-state index is 0.0719. The maximum atomic E-state index is 12.4. The molecular formula is C20H15N3O3S. The average molecular weight is 377 g/mol. The van der Waals surface area contributed by atoms with Gasteiger partial charge in [-0.05, 0) is 31.2 Å². The van der Waals surface area contributed by atoms with E-state index in [1.54, 1.807) is 54.6 Å². The Bertz CT molecular complexity index is 996. The van der Waals surface area contributed by atoms with E-state index < -0.39 is 18.4 Å². The second-order valence-corrected chi connectivity index (χ2v) is 6.46. The van der Waals surface area contributed by atoms with E-state index in [1.165, 1.54) is 18.7 Å². The zero-order chi connectivity index (χ0) is 19.8. The van der Waals surface area contributed by atoms with Gasteiger partial charge in [-0.2, -0.15) is 10.5 Å². The maximum absolute atomic E-state index is 12.4. The number of nitrogens with two attached hydrogens (primary N) is 1. The Balaban J connectivity index is 2.19. The van der Waals surface area contributed by atoms with Crippen LogP contribution in [0.4, 0.5) is 0 Å². The fourth-order valence-electron chi connectivity index (χ4n) is 2.14. The number of esters is 1. The average Bonchev–Trinajstić information content (AvgIpc) is 2.67. The summed E-state index contributed by atoms with van der Waals surface area (Å²) in [5, 5.41) is 18.1. The lowest BCUT2D eigenvalue weighted by Crippen LogP contribution is -2.18. The van der Waals surface area contributed by atoms with Crippen molar-refractivity contribution in [1.29, 1.82) is 10.5 Å². The number of Topliss-reactive ketones (excluding diaryl/α,β-unsaturated/α-hetero) is 1. The van der Waals surface area contributed by atoms with Gasteiger partial charge in [-0.3, -0.25) is 4.79 Å². The van der Waals surface area contributed by atoms with Crippen molar-refractivity contribution < 1.29 is 14.3 Å². The molecule has 0 fully saturated rings. The number of benzene rings is 2. The van der Waals surface area contributed by atoms with Crippen LogP contribution in [-0.2, 0) is 9.53 Å². The zero-order valence-corrected chi connectivity index (χ0v) is 15.2. The van der Waals surface area contributed by atoms with E-state index in [1.807, 2.05) is 0 Å². The number of carbonyl (C=O) groups is 2. The highest BCUT2D eigenvalue weighted by Crippen LogP contribution is 2.32. The van der Waals surface area contributed by atoms with Crippen molar-refractivity contribution in [3.63, 3.8) is 0 Å². The van der Waals surface area contributed by atoms with Crippen LogP contribution in [0.5, 0.6) is 0 Å². The highest BCUT2D eigenvalue weighted by atomic mass is 32.2. The van der Waals surface area contributed by atoms with Crippen molar-refractivity contribution in [2.24, 2.45) is 5.73 Å². The SMILES string of the molecule is C/C(N)=C(\C#N)C(=O)COC(=O)c1ccccc1Sc1ccccc1C#N. The smallest absolute Gasteiger partial charge is 0.339 e. The van der Waals surface area contributed by atoms with Crippen molar-refractivity contribution >= 4 is 23.5 Å². The summed E-state index contributed by atoms with van der Waals surface area (Å²) in [6, 6.07) is 17.6. The molecule has 0 aliphatic heterocycles. The molecule has 0 saturated carbocycles. The molecule has 0 radical (unpaired) electrons. The van der Waals surface area contributed by atoms with E-state index in [0.717, 1.165) is 0 Å². The summed E-state index contributed by atoms with van der Waals surface area (Å²) < 4.78 is 5.05. The molecule has 134 valence electrons. The molecule has 2 aromatic rings. The van der Waals surface area contributed by atoms with Crippen LogP contribution >= 0.6 is 11.8 Å². The number of rotatable bonds is 6. The fourth-order valence-corrected chi connectivity index (χ4v) is 3.16. The van der Waals surface area contributed by atoms with E-state index in [-0.39, 0.29) is 16.8 Å². The van der Waals surface area contributed by atoms with E-state index in [0.29, 0.717) is 15.4 Å². The van der Waals surface area contributed by atoms with E-state index in [4.69, 9.17) is 15.7 Å². The summed E-state index contributed by atoms with van der Waals surface area (Å²) >= 11 is 1.25. The first-order valence-corrected chi connectivity index (χ1v) is 8.62. The van der Waals surface area contributed by atoms with Gasteiger partial charge in [0.15, 0.2) is 6.61 Å². The molecule has 27 heavy (non-hydrogen) atoms. The van der Waals surface area contributed by atoms with Crippen LogP contribution in [0.1, 0.15) is 22.8 Å². The van der Waals surface area contributed by atoms with Crippen molar-refractivity contribution in [3.8, 4) is 12.1 Å². The molecule has 0 aliphatic carbocycles. The molecular weight excluding hydrogens is 362 g/mol. The molecule has 0 aliphatic rings. The third kappa shape index (κ3) is 4.97. The molecule has 0 heterocycles. The first-order chi connectivity index (χ1) is 13.0. The number of nitriles is 2. The third-order valence-electron chi connectivity index (χ3n) is 3.45. The Hall–Kier alpha value is -3.55. The predicted octanol–water partition coefficient (Wildman–Crippen LogP) is 3.19. The molecule has 7 heteroatoms. The van der Waals surface area contributed by atoms with Crippen molar-refractivity contribution in [1.82, 2.24) is 0 Å². The number of nitrogens with zero attached hydrogens (tertiary/aromatic N) is 2. The second-order valence-electron chi connectivity index (χ2n) is 5.38. The lowest BCUT2D eigenvalue weighted by Gasteiger charge is -2.10. The maximum Gasteiger partial charge on any atom is 0.339 e. The molecule has 0 unspecified atom stereocenters. The van der Waals surface area contributed by atoms with Crippen molar-refractivity contribution in [2.45, 2.75) is 16.7 Å². The standard InChI is InChI=1S/C20H15N3O3S/c1-13(23)16(11-22)17(24)12-26-20(25)15-7-3-5-9-19(15)27-18-8-4-2-6-14(18)10-21/h2-9H,12,23H2,1H3/b16-13-. The Kier molecular flexibility index (Phi) is 6.76. The van der Waals surface area contributed by atoms with Crippen LogP contribution in [0.2, 0.25) is 0 Å². The van der Waals surface area contributed by atoms with Gasteiger partial charge < -0.3 is 10.5 Å². The largest absolute Gasteiger partial charge is 0.454 e.